The molecule has 31 heavy (non-hydrogen) atoms. The minimum absolute atomic E-state index is 0. The summed E-state index contributed by atoms with van der Waals surface area (Å²) in [5.74, 6) is 3.83. The lowest BCUT2D eigenvalue weighted by Crippen LogP contribution is -2.48. The number of benzene rings is 1. The number of halogens is 1. The van der Waals surface area contributed by atoms with Gasteiger partial charge in [0.25, 0.3) is 0 Å². The molecule has 5 rings (SSSR count). The summed E-state index contributed by atoms with van der Waals surface area (Å²) >= 11 is 0. The molecule has 0 radical (unpaired) electrons. The van der Waals surface area contributed by atoms with Gasteiger partial charge in [0.2, 0.25) is 0 Å². The molecule has 4 heteroatoms. The molecule has 4 aliphatic rings. The van der Waals surface area contributed by atoms with Gasteiger partial charge in [-0.15, -0.1) is 12.4 Å². The Bertz CT molecular complexity index is 618. The molecule has 1 aromatic rings. The van der Waals surface area contributed by atoms with Crippen LogP contribution >= 0.6 is 12.4 Å². The minimum Gasteiger partial charge on any atom is -0.491 e. The topological polar surface area (TPSA) is 32.7 Å². The van der Waals surface area contributed by atoms with E-state index in [-0.39, 0.29) is 12.4 Å². The summed E-state index contributed by atoms with van der Waals surface area (Å²) in [5, 5.41) is 10.5. The Balaban J connectivity index is 0.00000272. The first-order valence-corrected chi connectivity index (χ1v) is 12.7. The highest BCUT2D eigenvalue weighted by molar-refractivity contribution is 5.85. The van der Waals surface area contributed by atoms with Gasteiger partial charge in [-0.1, -0.05) is 38.8 Å². The van der Waals surface area contributed by atoms with E-state index < -0.39 is 6.10 Å². The monoisotopic (exact) mass is 449 g/mol. The van der Waals surface area contributed by atoms with E-state index >= 15 is 0 Å². The average Bonchev–Trinajstić information content (AvgIpc) is 2.73. The van der Waals surface area contributed by atoms with Crippen LogP contribution in [0.1, 0.15) is 83.6 Å². The molecular weight excluding hydrogens is 406 g/mol. The van der Waals surface area contributed by atoms with E-state index in [4.69, 9.17) is 4.74 Å². The van der Waals surface area contributed by atoms with Crippen LogP contribution in [0.2, 0.25) is 0 Å². The fourth-order valence-corrected chi connectivity index (χ4v) is 6.97. The Morgan fingerprint density at radius 2 is 1.45 bits per heavy atom. The quantitative estimate of drug-likeness (QED) is 0.411. The summed E-state index contributed by atoms with van der Waals surface area (Å²) in [7, 11) is 0. The Hall–Kier alpha value is -0.770. The standard InChI is InChI=1S/C27H43NO2.ClH/c1-3-5-11-28(12-6-4-2)19-25(29)20-30-26-9-7-24(8-10-26)27-16-21-13-22(17-27)15-23(14-21)18-27;/h7-10,21-23,25,29H,3-6,11-20H2,1-2H3;1H. The molecular formula is C27H44ClNO2. The van der Waals surface area contributed by atoms with Crippen molar-refractivity contribution in [2.24, 2.45) is 17.8 Å². The maximum atomic E-state index is 10.5. The lowest BCUT2D eigenvalue weighted by atomic mass is 9.48. The zero-order valence-electron chi connectivity index (χ0n) is 19.7. The Morgan fingerprint density at radius 3 is 1.94 bits per heavy atom. The van der Waals surface area contributed by atoms with Gasteiger partial charge in [0, 0.05) is 6.54 Å². The predicted octanol–water partition coefficient (Wildman–Crippen LogP) is 6.22. The normalized spacial score (nSPS) is 29.7. The lowest BCUT2D eigenvalue weighted by molar-refractivity contribution is -0.00522. The molecule has 0 aliphatic heterocycles. The summed E-state index contributed by atoms with van der Waals surface area (Å²) in [5.41, 5.74) is 1.99. The third-order valence-electron chi connectivity index (χ3n) is 8.07. The minimum atomic E-state index is -0.429. The van der Waals surface area contributed by atoms with Crippen LogP contribution in [0.4, 0.5) is 0 Å². The third-order valence-corrected chi connectivity index (χ3v) is 8.07. The first kappa shape index (κ1) is 24.9. The van der Waals surface area contributed by atoms with Gasteiger partial charge in [-0.25, -0.2) is 0 Å². The van der Waals surface area contributed by atoms with Crippen molar-refractivity contribution in [3.63, 3.8) is 0 Å². The number of hydrogen-bond acceptors (Lipinski definition) is 3. The Labute approximate surface area is 196 Å². The van der Waals surface area contributed by atoms with E-state index in [1.54, 1.807) is 5.56 Å². The molecule has 4 aliphatic carbocycles. The molecule has 0 aromatic heterocycles. The van der Waals surface area contributed by atoms with Crippen molar-refractivity contribution in [2.45, 2.75) is 89.6 Å². The second-order valence-corrected chi connectivity index (χ2v) is 10.7. The zero-order chi connectivity index (χ0) is 21.0. The number of nitrogens with zero attached hydrogens (tertiary/aromatic N) is 1. The largest absolute Gasteiger partial charge is 0.491 e. The van der Waals surface area contributed by atoms with Crippen molar-refractivity contribution >= 4 is 12.4 Å². The van der Waals surface area contributed by atoms with Crippen LogP contribution in [0.5, 0.6) is 5.75 Å². The van der Waals surface area contributed by atoms with Crippen molar-refractivity contribution in [1.82, 2.24) is 4.90 Å². The van der Waals surface area contributed by atoms with E-state index in [2.05, 4.69) is 43.0 Å². The van der Waals surface area contributed by atoms with Gasteiger partial charge in [0.15, 0.2) is 0 Å². The molecule has 1 N–H and O–H groups in total. The van der Waals surface area contributed by atoms with Crippen LogP contribution in [0.3, 0.4) is 0 Å². The van der Waals surface area contributed by atoms with Gasteiger partial charge < -0.3 is 14.7 Å². The highest BCUT2D eigenvalue weighted by atomic mass is 35.5. The number of unbranched alkanes of at least 4 members (excludes halogenated alkanes) is 2. The van der Waals surface area contributed by atoms with E-state index in [9.17, 15) is 5.11 Å². The molecule has 0 spiro atoms. The molecule has 4 bridgehead atoms. The lowest BCUT2D eigenvalue weighted by Gasteiger charge is -2.57. The smallest absolute Gasteiger partial charge is 0.119 e. The van der Waals surface area contributed by atoms with Crippen LogP contribution in [-0.2, 0) is 5.41 Å². The molecule has 3 nitrogen and oxygen atoms in total. The number of ether oxygens (including phenoxy) is 1. The van der Waals surface area contributed by atoms with E-state index in [0.29, 0.717) is 18.6 Å². The van der Waals surface area contributed by atoms with Crippen LogP contribution in [0, 0.1) is 17.8 Å². The average molecular weight is 450 g/mol. The van der Waals surface area contributed by atoms with Crippen molar-refractivity contribution in [2.75, 3.05) is 26.2 Å². The number of hydrogen-bond donors (Lipinski definition) is 1. The third kappa shape index (κ3) is 6.18. The van der Waals surface area contributed by atoms with Gasteiger partial charge >= 0.3 is 0 Å². The summed E-state index contributed by atoms with van der Waals surface area (Å²) in [6.45, 7) is 7.70. The van der Waals surface area contributed by atoms with E-state index in [1.165, 1.54) is 64.2 Å². The Morgan fingerprint density at radius 1 is 0.935 bits per heavy atom. The first-order valence-electron chi connectivity index (χ1n) is 12.7. The van der Waals surface area contributed by atoms with Crippen LogP contribution in [0.25, 0.3) is 0 Å². The number of aliphatic hydroxyl groups is 1. The summed E-state index contributed by atoms with van der Waals surface area (Å²) < 4.78 is 5.97. The molecule has 0 amide bonds. The van der Waals surface area contributed by atoms with Crippen LogP contribution < -0.4 is 4.74 Å². The van der Waals surface area contributed by atoms with Gasteiger partial charge in [-0.2, -0.15) is 0 Å². The van der Waals surface area contributed by atoms with Crippen molar-refractivity contribution in [3.8, 4) is 5.75 Å². The van der Waals surface area contributed by atoms with Gasteiger partial charge in [-0.3, -0.25) is 0 Å². The second-order valence-electron chi connectivity index (χ2n) is 10.7. The summed E-state index contributed by atoms with van der Waals surface area (Å²) in [4.78, 5) is 2.40. The summed E-state index contributed by atoms with van der Waals surface area (Å²) in [6.07, 6.45) is 13.1. The number of rotatable bonds is 12. The molecule has 4 saturated carbocycles. The molecule has 0 saturated heterocycles. The molecule has 1 unspecified atom stereocenters. The zero-order valence-corrected chi connectivity index (χ0v) is 20.5. The van der Waals surface area contributed by atoms with E-state index in [1.807, 2.05) is 0 Å². The highest BCUT2D eigenvalue weighted by Crippen LogP contribution is 2.60. The maximum absolute atomic E-state index is 10.5. The Kier molecular flexibility index (Phi) is 9.13. The molecule has 176 valence electrons. The molecule has 1 atom stereocenters. The number of aliphatic hydroxyl groups excluding tert-OH is 1. The predicted molar refractivity (Wildman–Crippen MR) is 131 cm³/mol. The maximum Gasteiger partial charge on any atom is 0.119 e. The first-order chi connectivity index (χ1) is 14.6. The van der Waals surface area contributed by atoms with Crippen LogP contribution in [-0.4, -0.2) is 42.4 Å². The second kappa shape index (κ2) is 11.4. The molecule has 1 aromatic carbocycles. The van der Waals surface area contributed by atoms with Gasteiger partial charge in [-0.05, 0) is 105 Å². The van der Waals surface area contributed by atoms with Crippen LogP contribution in [0.15, 0.2) is 24.3 Å². The van der Waals surface area contributed by atoms with Crippen molar-refractivity contribution in [1.29, 1.82) is 0 Å². The summed E-state index contributed by atoms with van der Waals surface area (Å²) in [6, 6.07) is 8.94. The highest BCUT2D eigenvalue weighted by Gasteiger charge is 2.51. The molecule has 4 fully saturated rings. The van der Waals surface area contributed by atoms with Crippen molar-refractivity contribution < 1.29 is 9.84 Å². The van der Waals surface area contributed by atoms with Crippen molar-refractivity contribution in [3.05, 3.63) is 29.8 Å². The SMILES string of the molecule is CCCCN(CCCC)CC(O)COc1ccc(C23CC4CC(CC(C4)C2)C3)cc1.Cl. The fraction of sp³-hybridized carbons (Fsp3) is 0.778. The molecule has 0 heterocycles. The fourth-order valence-electron chi connectivity index (χ4n) is 6.97. The van der Waals surface area contributed by atoms with Gasteiger partial charge in [0.05, 0.1) is 0 Å². The van der Waals surface area contributed by atoms with E-state index in [0.717, 1.165) is 36.6 Å². The van der Waals surface area contributed by atoms with Gasteiger partial charge in [0.1, 0.15) is 18.5 Å².